The zero-order valence-electron chi connectivity index (χ0n) is 10.5. The van der Waals surface area contributed by atoms with Gasteiger partial charge in [0, 0.05) is 24.7 Å². The lowest BCUT2D eigenvalue weighted by Gasteiger charge is -2.16. The number of nitrogens with two attached hydrogens (primary N) is 1. The molecule has 0 bridgehead atoms. The van der Waals surface area contributed by atoms with Crippen molar-refractivity contribution in [2.24, 2.45) is 5.73 Å². The number of benzene rings is 1. The maximum atomic E-state index is 12.1. The molecule has 0 fully saturated rings. The predicted octanol–water partition coefficient (Wildman–Crippen LogP) is 1.51. The molecule has 0 spiro atoms. The Bertz CT molecular complexity index is 566. The molecule has 5 nitrogen and oxygen atoms in total. The monoisotopic (exact) mass is 277 g/mol. The molecule has 1 aromatic carbocycles. The van der Waals surface area contributed by atoms with Gasteiger partial charge in [-0.05, 0) is 24.3 Å². The van der Waals surface area contributed by atoms with Crippen LogP contribution in [0.1, 0.15) is 10.7 Å². The summed E-state index contributed by atoms with van der Waals surface area (Å²) in [6.07, 6.45) is 0.244. The molecule has 0 unspecified atom stereocenters. The van der Waals surface area contributed by atoms with E-state index in [0.29, 0.717) is 6.54 Å². The molecule has 6 heteroatoms. The number of hydrogen-bond donors (Lipinski definition) is 2. The Morgan fingerprint density at radius 1 is 1.42 bits per heavy atom. The second kappa shape index (κ2) is 5.81. The molecule has 0 atom stereocenters. The van der Waals surface area contributed by atoms with Gasteiger partial charge in [-0.1, -0.05) is 0 Å². The number of phenols is 1. The van der Waals surface area contributed by atoms with Gasteiger partial charge in [0.15, 0.2) is 0 Å². The Labute approximate surface area is 115 Å². The summed E-state index contributed by atoms with van der Waals surface area (Å²) in [5.74, 6) is 0.122. The first-order valence-electron chi connectivity index (χ1n) is 5.79. The molecule has 0 radical (unpaired) electrons. The smallest absolute Gasteiger partial charge is 0.232 e. The summed E-state index contributed by atoms with van der Waals surface area (Å²) >= 11 is 1.46. The Morgan fingerprint density at radius 3 is 2.68 bits per heavy atom. The molecule has 1 aromatic heterocycles. The van der Waals surface area contributed by atoms with E-state index in [4.69, 9.17) is 5.73 Å². The van der Waals surface area contributed by atoms with Crippen molar-refractivity contribution in [3.63, 3.8) is 0 Å². The van der Waals surface area contributed by atoms with Crippen molar-refractivity contribution in [1.29, 1.82) is 0 Å². The zero-order valence-corrected chi connectivity index (χ0v) is 11.4. The molecule has 1 heterocycles. The maximum absolute atomic E-state index is 12.1. The number of likely N-dealkylation sites (N-methyl/N-ethyl adjacent to an activating group) is 1. The fourth-order valence-electron chi connectivity index (χ4n) is 1.62. The predicted molar refractivity (Wildman–Crippen MR) is 75.2 cm³/mol. The third-order valence-electron chi connectivity index (χ3n) is 2.72. The number of aromatic hydroxyl groups is 1. The molecule has 0 saturated heterocycles. The number of carbonyl (C=O) groups is 1. The molecule has 19 heavy (non-hydrogen) atoms. The molecule has 1 amide bonds. The number of nitrogens with zero attached hydrogens (tertiary/aromatic N) is 2. The van der Waals surface area contributed by atoms with E-state index >= 15 is 0 Å². The van der Waals surface area contributed by atoms with Crippen molar-refractivity contribution >= 4 is 22.9 Å². The van der Waals surface area contributed by atoms with Gasteiger partial charge in [-0.3, -0.25) is 4.79 Å². The number of hydrogen-bond acceptors (Lipinski definition) is 5. The van der Waals surface area contributed by atoms with Gasteiger partial charge in [0.2, 0.25) is 5.91 Å². The van der Waals surface area contributed by atoms with Crippen LogP contribution in [-0.4, -0.2) is 23.0 Å². The van der Waals surface area contributed by atoms with Gasteiger partial charge in [-0.25, -0.2) is 4.98 Å². The van der Waals surface area contributed by atoms with E-state index in [0.717, 1.165) is 16.4 Å². The zero-order chi connectivity index (χ0) is 13.8. The minimum Gasteiger partial charge on any atom is -0.508 e. The lowest BCUT2D eigenvalue weighted by molar-refractivity contribution is -0.117. The van der Waals surface area contributed by atoms with E-state index in [1.165, 1.54) is 11.3 Å². The number of rotatable bonds is 4. The van der Waals surface area contributed by atoms with Crippen LogP contribution in [0.2, 0.25) is 0 Å². The van der Waals surface area contributed by atoms with Crippen molar-refractivity contribution in [2.75, 3.05) is 11.9 Å². The Balaban J connectivity index is 2.04. The van der Waals surface area contributed by atoms with Crippen LogP contribution in [0.3, 0.4) is 0 Å². The van der Waals surface area contributed by atoms with Gasteiger partial charge in [-0.15, -0.1) is 11.3 Å². The average molecular weight is 277 g/mol. The molecule has 2 rings (SSSR count). The number of thiazole rings is 1. The standard InChI is InChI=1S/C13H15N3O2S/c1-16(10-2-4-11(17)5-3-10)13(18)6-9-8-19-12(7-14)15-9/h2-5,8,17H,6-7,14H2,1H3. The van der Waals surface area contributed by atoms with Gasteiger partial charge in [0.05, 0.1) is 12.1 Å². The minimum atomic E-state index is -0.0560. The van der Waals surface area contributed by atoms with Crippen LogP contribution in [-0.2, 0) is 17.8 Å². The summed E-state index contributed by atoms with van der Waals surface area (Å²) in [6, 6.07) is 6.49. The summed E-state index contributed by atoms with van der Waals surface area (Å²) in [6.45, 7) is 0.395. The second-order valence-corrected chi connectivity index (χ2v) is 5.03. The van der Waals surface area contributed by atoms with Crippen LogP contribution in [0.25, 0.3) is 0 Å². The van der Waals surface area contributed by atoms with E-state index in [9.17, 15) is 9.90 Å². The molecule has 2 aromatic rings. The third-order valence-corrected chi connectivity index (χ3v) is 3.64. The number of amides is 1. The normalized spacial score (nSPS) is 10.4. The van der Waals surface area contributed by atoms with Crippen LogP contribution in [0.4, 0.5) is 5.69 Å². The number of anilines is 1. The minimum absolute atomic E-state index is 0.0560. The number of aromatic nitrogens is 1. The SMILES string of the molecule is CN(C(=O)Cc1csc(CN)n1)c1ccc(O)cc1. The number of carbonyl (C=O) groups excluding carboxylic acids is 1. The Hall–Kier alpha value is -1.92. The van der Waals surface area contributed by atoms with Gasteiger partial charge in [-0.2, -0.15) is 0 Å². The van der Waals surface area contributed by atoms with Crippen LogP contribution in [0.5, 0.6) is 5.75 Å². The van der Waals surface area contributed by atoms with E-state index in [1.807, 2.05) is 5.38 Å². The van der Waals surface area contributed by atoms with Crippen LogP contribution < -0.4 is 10.6 Å². The lowest BCUT2D eigenvalue weighted by Crippen LogP contribution is -2.27. The molecule has 0 aliphatic heterocycles. The quantitative estimate of drug-likeness (QED) is 0.888. The fourth-order valence-corrected chi connectivity index (χ4v) is 2.29. The van der Waals surface area contributed by atoms with E-state index in [1.54, 1.807) is 36.2 Å². The van der Waals surface area contributed by atoms with Crippen LogP contribution in [0.15, 0.2) is 29.6 Å². The molecular weight excluding hydrogens is 262 g/mol. The van der Waals surface area contributed by atoms with Gasteiger partial charge in [0.1, 0.15) is 10.8 Å². The molecule has 0 aliphatic carbocycles. The highest BCUT2D eigenvalue weighted by Crippen LogP contribution is 2.18. The topological polar surface area (TPSA) is 79.5 Å². The molecular formula is C13H15N3O2S. The summed E-state index contributed by atoms with van der Waals surface area (Å²) in [7, 11) is 1.70. The lowest BCUT2D eigenvalue weighted by atomic mass is 10.2. The number of phenolic OH excluding ortho intramolecular Hbond substituents is 1. The molecule has 100 valence electrons. The highest BCUT2D eigenvalue weighted by Gasteiger charge is 2.13. The van der Waals surface area contributed by atoms with Crippen molar-refractivity contribution in [1.82, 2.24) is 4.98 Å². The van der Waals surface area contributed by atoms with E-state index in [-0.39, 0.29) is 18.1 Å². The summed E-state index contributed by atoms with van der Waals surface area (Å²) < 4.78 is 0. The van der Waals surface area contributed by atoms with Gasteiger partial charge >= 0.3 is 0 Å². The fraction of sp³-hybridized carbons (Fsp3) is 0.231. The largest absolute Gasteiger partial charge is 0.508 e. The van der Waals surface area contributed by atoms with E-state index < -0.39 is 0 Å². The Morgan fingerprint density at radius 2 is 2.11 bits per heavy atom. The molecule has 3 N–H and O–H groups in total. The molecule has 0 aliphatic rings. The first kappa shape index (κ1) is 13.5. The first-order chi connectivity index (χ1) is 9.10. The van der Waals surface area contributed by atoms with Crippen molar-refractivity contribution in [3.05, 3.63) is 40.3 Å². The van der Waals surface area contributed by atoms with Gasteiger partial charge < -0.3 is 15.7 Å². The maximum Gasteiger partial charge on any atom is 0.232 e. The summed E-state index contributed by atoms with van der Waals surface area (Å²) in [4.78, 5) is 17.9. The summed E-state index contributed by atoms with van der Waals surface area (Å²) in [5.41, 5.74) is 6.96. The molecule has 0 saturated carbocycles. The Kier molecular flexibility index (Phi) is 4.13. The van der Waals surface area contributed by atoms with E-state index in [2.05, 4.69) is 4.98 Å². The third kappa shape index (κ3) is 3.30. The van der Waals surface area contributed by atoms with Crippen LogP contribution in [0, 0.1) is 0 Å². The van der Waals surface area contributed by atoms with Gasteiger partial charge in [0.25, 0.3) is 0 Å². The average Bonchev–Trinajstić information content (AvgIpc) is 2.86. The highest BCUT2D eigenvalue weighted by atomic mass is 32.1. The second-order valence-electron chi connectivity index (χ2n) is 4.08. The van der Waals surface area contributed by atoms with Crippen molar-refractivity contribution in [3.8, 4) is 5.75 Å². The van der Waals surface area contributed by atoms with Crippen molar-refractivity contribution in [2.45, 2.75) is 13.0 Å². The highest BCUT2D eigenvalue weighted by molar-refractivity contribution is 7.09. The van der Waals surface area contributed by atoms with Crippen molar-refractivity contribution < 1.29 is 9.90 Å². The van der Waals surface area contributed by atoms with Crippen LogP contribution >= 0.6 is 11.3 Å². The summed E-state index contributed by atoms with van der Waals surface area (Å²) in [5, 5.41) is 11.9. The first-order valence-corrected chi connectivity index (χ1v) is 6.67.